The van der Waals surface area contributed by atoms with Crippen LogP contribution >= 0.6 is 0 Å². The van der Waals surface area contributed by atoms with Crippen molar-refractivity contribution in [1.29, 1.82) is 0 Å². The van der Waals surface area contributed by atoms with Crippen LogP contribution in [0.5, 0.6) is 0 Å². The molecular formula is C25H30N6O3. The summed E-state index contributed by atoms with van der Waals surface area (Å²) in [5.41, 5.74) is 5.29. The number of hydrogen-bond acceptors (Lipinski definition) is 5. The maximum absolute atomic E-state index is 13.4. The van der Waals surface area contributed by atoms with Crippen LogP contribution in [0.1, 0.15) is 46.6 Å². The van der Waals surface area contributed by atoms with Crippen molar-refractivity contribution < 1.29 is 14.3 Å². The molecule has 9 nitrogen and oxygen atoms in total. The molecule has 1 atom stereocenters. The summed E-state index contributed by atoms with van der Waals surface area (Å²) in [6.07, 6.45) is 6.22. The van der Waals surface area contributed by atoms with Crippen LogP contribution in [0.3, 0.4) is 0 Å². The number of aryl methyl sites for hydroxylation is 2. The molecule has 5 rings (SSSR count). The van der Waals surface area contributed by atoms with Crippen LogP contribution in [-0.2, 0) is 23.1 Å². The van der Waals surface area contributed by atoms with Gasteiger partial charge in [0.1, 0.15) is 0 Å². The van der Waals surface area contributed by atoms with Gasteiger partial charge >= 0.3 is 0 Å². The fourth-order valence-electron chi connectivity index (χ4n) is 4.41. The first-order chi connectivity index (χ1) is 16.4. The van der Waals surface area contributed by atoms with Crippen LogP contribution < -0.4 is 5.32 Å². The number of hydrogen-bond donors (Lipinski definition) is 1. The van der Waals surface area contributed by atoms with Gasteiger partial charge in [-0.25, -0.2) is 4.68 Å². The van der Waals surface area contributed by atoms with E-state index in [1.807, 2.05) is 54.7 Å². The third kappa shape index (κ3) is 4.48. The van der Waals surface area contributed by atoms with Crippen LogP contribution in [0.15, 0.2) is 36.7 Å². The van der Waals surface area contributed by atoms with Crippen molar-refractivity contribution in [2.75, 3.05) is 18.5 Å². The molecule has 0 radical (unpaired) electrons. The highest BCUT2D eigenvalue weighted by molar-refractivity contribution is 5.95. The number of rotatable bonds is 7. The van der Waals surface area contributed by atoms with Crippen molar-refractivity contribution in [1.82, 2.24) is 24.5 Å². The van der Waals surface area contributed by atoms with Gasteiger partial charge in [-0.2, -0.15) is 10.2 Å². The molecule has 0 bridgehead atoms. The molecule has 3 heterocycles. The van der Waals surface area contributed by atoms with Crippen molar-refractivity contribution in [3.8, 4) is 5.69 Å². The highest BCUT2D eigenvalue weighted by Crippen LogP contribution is 2.31. The highest BCUT2D eigenvalue weighted by atomic mass is 16.5. The highest BCUT2D eigenvalue weighted by Gasteiger charge is 2.34. The van der Waals surface area contributed by atoms with Gasteiger partial charge in [0.05, 0.1) is 42.0 Å². The summed E-state index contributed by atoms with van der Waals surface area (Å²) < 4.78 is 8.85. The average molecular weight is 463 g/mol. The van der Waals surface area contributed by atoms with Gasteiger partial charge in [-0.05, 0) is 57.4 Å². The normalized spacial score (nSPS) is 17.7. The van der Waals surface area contributed by atoms with E-state index in [-0.39, 0.29) is 23.8 Å². The molecule has 1 N–H and O–H groups in total. The second kappa shape index (κ2) is 9.06. The van der Waals surface area contributed by atoms with E-state index in [0.29, 0.717) is 31.0 Å². The Morgan fingerprint density at radius 1 is 1.18 bits per heavy atom. The van der Waals surface area contributed by atoms with Crippen molar-refractivity contribution in [2.24, 2.45) is 13.0 Å². The Morgan fingerprint density at radius 2 is 1.94 bits per heavy atom. The van der Waals surface area contributed by atoms with Gasteiger partial charge in [-0.1, -0.05) is 0 Å². The Morgan fingerprint density at radius 3 is 2.56 bits per heavy atom. The quantitative estimate of drug-likeness (QED) is 0.583. The molecule has 34 heavy (non-hydrogen) atoms. The van der Waals surface area contributed by atoms with Crippen LogP contribution in [0.4, 0.5) is 5.69 Å². The number of carbonyl (C=O) groups excluding carboxylic acids is 2. The van der Waals surface area contributed by atoms with E-state index in [1.165, 1.54) is 0 Å². The molecule has 1 aliphatic carbocycles. The Labute approximate surface area is 198 Å². The molecule has 1 saturated heterocycles. The lowest BCUT2D eigenvalue weighted by atomic mass is 10.1. The molecule has 2 aliphatic rings. The van der Waals surface area contributed by atoms with E-state index >= 15 is 0 Å². The first kappa shape index (κ1) is 22.3. The van der Waals surface area contributed by atoms with E-state index in [0.717, 1.165) is 41.9 Å². The number of nitrogens with one attached hydrogen (secondary N) is 1. The van der Waals surface area contributed by atoms with Crippen molar-refractivity contribution in [3.63, 3.8) is 0 Å². The fraction of sp³-hybridized carbons (Fsp3) is 0.440. The molecule has 1 saturated carbocycles. The van der Waals surface area contributed by atoms with Gasteiger partial charge in [0.15, 0.2) is 0 Å². The summed E-state index contributed by atoms with van der Waals surface area (Å²) in [5.74, 6) is -0.122. The van der Waals surface area contributed by atoms with Gasteiger partial charge in [-0.3, -0.25) is 14.3 Å². The summed E-state index contributed by atoms with van der Waals surface area (Å²) in [5, 5.41) is 11.8. The number of anilines is 1. The number of aromatic nitrogens is 4. The predicted octanol–water partition coefficient (Wildman–Crippen LogP) is 3.00. The lowest BCUT2D eigenvalue weighted by Crippen LogP contribution is -2.33. The van der Waals surface area contributed by atoms with Crippen LogP contribution in [0.2, 0.25) is 0 Å². The molecule has 9 heteroatoms. The fourth-order valence-corrected chi connectivity index (χ4v) is 4.41. The maximum Gasteiger partial charge on any atom is 0.254 e. The molecule has 0 unspecified atom stereocenters. The Hall–Kier alpha value is -3.46. The Bertz CT molecular complexity index is 1200. The molecule has 2 fully saturated rings. The number of amides is 2. The molecule has 1 aromatic carbocycles. The predicted molar refractivity (Wildman–Crippen MR) is 127 cm³/mol. The van der Waals surface area contributed by atoms with Gasteiger partial charge in [-0.15, -0.1) is 0 Å². The van der Waals surface area contributed by atoms with E-state index in [4.69, 9.17) is 4.74 Å². The number of nitrogens with zero attached hydrogens (tertiary/aromatic N) is 5. The zero-order valence-corrected chi connectivity index (χ0v) is 19.8. The molecular weight excluding hydrogens is 432 g/mol. The molecule has 2 aromatic heterocycles. The standard InChI is InChI=1S/C25H30N6O3/c1-16-23(17(2)29(3)28-16)14-30(21-8-9-21)25(33)18-4-6-22(7-5-18)31-13-20(12-26-31)27-24(32)19-10-11-34-15-19/h4-7,12-13,19,21H,8-11,14-15H2,1-3H3,(H,27,32)/t19-/m1/s1. The van der Waals surface area contributed by atoms with Crippen molar-refractivity contribution in [2.45, 2.75) is 45.7 Å². The van der Waals surface area contributed by atoms with Crippen LogP contribution in [0, 0.1) is 19.8 Å². The van der Waals surface area contributed by atoms with E-state index in [9.17, 15) is 9.59 Å². The minimum atomic E-state index is -0.109. The minimum absolute atomic E-state index is 0.0314. The summed E-state index contributed by atoms with van der Waals surface area (Å²) in [7, 11) is 1.93. The van der Waals surface area contributed by atoms with Crippen molar-refractivity contribution >= 4 is 17.5 Å². The minimum Gasteiger partial charge on any atom is -0.381 e. The second-order valence-corrected chi connectivity index (χ2v) is 9.21. The SMILES string of the molecule is Cc1nn(C)c(C)c1CN(C(=O)c1ccc(-n2cc(NC(=O)[C@@H]3CCOC3)cn2)cc1)C1CC1. The topological polar surface area (TPSA) is 94.3 Å². The lowest BCUT2D eigenvalue weighted by molar-refractivity contribution is -0.119. The Balaban J connectivity index is 1.28. The van der Waals surface area contributed by atoms with E-state index in [2.05, 4.69) is 15.5 Å². The summed E-state index contributed by atoms with van der Waals surface area (Å²) in [6, 6.07) is 7.72. The van der Waals surface area contributed by atoms with E-state index in [1.54, 1.807) is 17.1 Å². The zero-order chi connectivity index (χ0) is 23.8. The first-order valence-corrected chi connectivity index (χ1v) is 11.7. The summed E-state index contributed by atoms with van der Waals surface area (Å²) in [4.78, 5) is 27.7. The number of carbonyl (C=O) groups is 2. The first-order valence-electron chi connectivity index (χ1n) is 11.7. The molecule has 0 spiro atoms. The monoisotopic (exact) mass is 462 g/mol. The summed E-state index contributed by atoms with van der Waals surface area (Å²) >= 11 is 0. The second-order valence-electron chi connectivity index (χ2n) is 9.21. The molecule has 3 aromatic rings. The smallest absolute Gasteiger partial charge is 0.254 e. The third-order valence-electron chi connectivity index (χ3n) is 6.77. The van der Waals surface area contributed by atoms with Gasteiger partial charge in [0.2, 0.25) is 5.91 Å². The van der Waals surface area contributed by atoms with Gasteiger partial charge < -0.3 is 15.0 Å². The van der Waals surface area contributed by atoms with E-state index < -0.39 is 0 Å². The summed E-state index contributed by atoms with van der Waals surface area (Å²) in [6.45, 7) is 5.71. The van der Waals surface area contributed by atoms with Crippen LogP contribution in [0.25, 0.3) is 5.69 Å². The molecule has 1 aliphatic heterocycles. The molecule has 178 valence electrons. The van der Waals surface area contributed by atoms with Crippen LogP contribution in [-0.4, -0.2) is 55.5 Å². The average Bonchev–Trinajstić information content (AvgIpc) is 3.22. The number of ether oxygens (including phenoxy) is 1. The van der Waals surface area contributed by atoms with Gasteiger partial charge in [0, 0.05) is 43.1 Å². The maximum atomic E-state index is 13.4. The largest absolute Gasteiger partial charge is 0.381 e. The molecule has 2 amide bonds. The van der Waals surface area contributed by atoms with Gasteiger partial charge in [0.25, 0.3) is 5.91 Å². The lowest BCUT2D eigenvalue weighted by Gasteiger charge is -2.23. The Kier molecular flexibility index (Phi) is 5.95. The number of benzene rings is 1. The zero-order valence-electron chi connectivity index (χ0n) is 19.8. The van der Waals surface area contributed by atoms with Crippen molar-refractivity contribution in [3.05, 3.63) is 59.2 Å². The third-order valence-corrected chi connectivity index (χ3v) is 6.77.